The van der Waals surface area contributed by atoms with Crippen LogP contribution < -0.4 is 10.2 Å². The molecule has 1 N–H and O–H groups in total. The molecule has 172 valence electrons. The molecule has 1 saturated carbocycles. The third kappa shape index (κ3) is 3.78. The van der Waals surface area contributed by atoms with Crippen LogP contribution in [0, 0.1) is 13.8 Å². The molecule has 0 bridgehead atoms. The van der Waals surface area contributed by atoms with Gasteiger partial charge in [0.2, 0.25) is 5.91 Å². The maximum absolute atomic E-state index is 14.0. The van der Waals surface area contributed by atoms with E-state index in [0.717, 1.165) is 53.1 Å². The topological polar surface area (TPSA) is 67.2 Å². The van der Waals surface area contributed by atoms with Crippen molar-refractivity contribution in [3.63, 3.8) is 0 Å². The van der Waals surface area contributed by atoms with Crippen LogP contribution >= 0.6 is 11.3 Å². The summed E-state index contributed by atoms with van der Waals surface area (Å²) in [5.41, 5.74) is 3.08. The SMILES string of the molecule is Cc1cccc(N2C(=O)c3cc(-c4cccs4)nn3CC2(C)C(=O)NC2CCCCC2)c1C. The van der Waals surface area contributed by atoms with Gasteiger partial charge in [0.25, 0.3) is 5.91 Å². The lowest BCUT2D eigenvalue weighted by Gasteiger charge is -2.44. The highest BCUT2D eigenvalue weighted by molar-refractivity contribution is 7.13. The average molecular weight is 463 g/mol. The van der Waals surface area contributed by atoms with Crippen LogP contribution in [-0.4, -0.2) is 33.2 Å². The Bertz CT molecular complexity index is 1190. The minimum absolute atomic E-state index is 0.109. The van der Waals surface area contributed by atoms with Gasteiger partial charge in [0.15, 0.2) is 0 Å². The van der Waals surface area contributed by atoms with E-state index in [9.17, 15) is 9.59 Å². The highest BCUT2D eigenvalue weighted by Gasteiger charge is 2.49. The molecule has 3 heterocycles. The van der Waals surface area contributed by atoms with Gasteiger partial charge in [0.05, 0.1) is 11.4 Å². The summed E-state index contributed by atoms with van der Waals surface area (Å²) in [6.45, 7) is 6.23. The summed E-state index contributed by atoms with van der Waals surface area (Å²) < 4.78 is 1.72. The predicted molar refractivity (Wildman–Crippen MR) is 132 cm³/mol. The van der Waals surface area contributed by atoms with Crippen molar-refractivity contribution in [3.05, 3.63) is 58.6 Å². The van der Waals surface area contributed by atoms with E-state index in [4.69, 9.17) is 5.10 Å². The Morgan fingerprint density at radius 3 is 2.67 bits per heavy atom. The number of hydrogen-bond donors (Lipinski definition) is 1. The Balaban J connectivity index is 1.59. The molecule has 6 nitrogen and oxygen atoms in total. The molecule has 1 aliphatic heterocycles. The van der Waals surface area contributed by atoms with Gasteiger partial charge in [-0.2, -0.15) is 5.10 Å². The van der Waals surface area contributed by atoms with Crippen molar-refractivity contribution in [2.45, 2.75) is 71.0 Å². The maximum Gasteiger partial charge on any atom is 0.277 e. The van der Waals surface area contributed by atoms with Gasteiger partial charge < -0.3 is 5.32 Å². The minimum Gasteiger partial charge on any atom is -0.351 e. The van der Waals surface area contributed by atoms with Gasteiger partial charge >= 0.3 is 0 Å². The Labute approximate surface area is 198 Å². The molecule has 0 radical (unpaired) electrons. The number of nitrogens with zero attached hydrogens (tertiary/aromatic N) is 3. The summed E-state index contributed by atoms with van der Waals surface area (Å²) >= 11 is 1.59. The first-order chi connectivity index (χ1) is 15.9. The third-order valence-electron chi connectivity index (χ3n) is 7.17. The number of benzene rings is 1. The highest BCUT2D eigenvalue weighted by atomic mass is 32.1. The first-order valence-electron chi connectivity index (χ1n) is 11.7. The Morgan fingerprint density at radius 1 is 1.15 bits per heavy atom. The minimum atomic E-state index is -1.08. The Kier molecular flexibility index (Phi) is 5.60. The number of thiophene rings is 1. The maximum atomic E-state index is 14.0. The molecular formula is C26H30N4O2S. The monoisotopic (exact) mass is 462 g/mol. The van der Waals surface area contributed by atoms with Gasteiger partial charge in [-0.05, 0) is 68.3 Å². The molecule has 7 heteroatoms. The molecule has 33 heavy (non-hydrogen) atoms. The molecule has 2 amide bonds. The highest BCUT2D eigenvalue weighted by Crippen LogP contribution is 2.37. The van der Waals surface area contributed by atoms with E-state index in [2.05, 4.69) is 5.32 Å². The van der Waals surface area contributed by atoms with Crippen molar-refractivity contribution in [1.82, 2.24) is 15.1 Å². The van der Waals surface area contributed by atoms with Crippen LogP contribution in [0.25, 0.3) is 10.6 Å². The zero-order chi connectivity index (χ0) is 23.2. The number of carbonyl (C=O) groups is 2. The molecule has 2 aliphatic rings. The normalized spacial score (nSPS) is 21.2. The molecule has 3 aromatic rings. The fourth-order valence-electron chi connectivity index (χ4n) is 5.07. The molecule has 1 unspecified atom stereocenters. The number of amides is 2. The number of rotatable bonds is 4. The number of anilines is 1. The van der Waals surface area contributed by atoms with E-state index in [1.807, 2.05) is 62.5 Å². The van der Waals surface area contributed by atoms with Crippen molar-refractivity contribution in [2.75, 3.05) is 4.90 Å². The smallest absolute Gasteiger partial charge is 0.277 e. The van der Waals surface area contributed by atoms with E-state index in [-0.39, 0.29) is 17.9 Å². The average Bonchev–Trinajstić information content (AvgIpc) is 3.47. The van der Waals surface area contributed by atoms with Crippen molar-refractivity contribution >= 4 is 28.8 Å². The van der Waals surface area contributed by atoms with Gasteiger partial charge in [0, 0.05) is 11.7 Å². The fourth-order valence-corrected chi connectivity index (χ4v) is 5.75. The first-order valence-corrected chi connectivity index (χ1v) is 12.6. The molecule has 0 saturated heterocycles. The van der Waals surface area contributed by atoms with Gasteiger partial charge in [0.1, 0.15) is 16.9 Å². The summed E-state index contributed by atoms with van der Waals surface area (Å²) in [5, 5.41) is 10.0. The van der Waals surface area contributed by atoms with Crippen molar-refractivity contribution < 1.29 is 9.59 Å². The summed E-state index contributed by atoms with van der Waals surface area (Å²) in [6, 6.07) is 11.9. The molecule has 1 aliphatic carbocycles. The van der Waals surface area contributed by atoms with Crippen LogP contribution in [0.4, 0.5) is 5.69 Å². The van der Waals surface area contributed by atoms with Crippen LogP contribution in [0.15, 0.2) is 41.8 Å². The zero-order valence-corrected chi connectivity index (χ0v) is 20.2. The molecule has 1 fully saturated rings. The van der Waals surface area contributed by atoms with E-state index in [1.54, 1.807) is 20.9 Å². The number of aromatic nitrogens is 2. The third-order valence-corrected chi connectivity index (χ3v) is 8.07. The van der Waals surface area contributed by atoms with Crippen LogP contribution in [0.5, 0.6) is 0 Å². The molecular weight excluding hydrogens is 432 g/mol. The van der Waals surface area contributed by atoms with Crippen molar-refractivity contribution in [2.24, 2.45) is 0 Å². The number of nitrogens with one attached hydrogen (secondary N) is 1. The Morgan fingerprint density at radius 2 is 1.94 bits per heavy atom. The van der Waals surface area contributed by atoms with Gasteiger partial charge in [-0.25, -0.2) is 0 Å². The summed E-state index contributed by atoms with van der Waals surface area (Å²) in [5.74, 6) is -0.297. The van der Waals surface area contributed by atoms with Crippen LogP contribution in [0.2, 0.25) is 0 Å². The second-order valence-corrected chi connectivity index (χ2v) is 10.4. The first kappa shape index (κ1) is 21.9. The fraction of sp³-hybridized carbons (Fsp3) is 0.423. The van der Waals surface area contributed by atoms with Crippen LogP contribution in [0.1, 0.15) is 60.6 Å². The lowest BCUT2D eigenvalue weighted by atomic mass is 9.90. The number of aryl methyl sites for hydroxylation is 1. The van der Waals surface area contributed by atoms with Gasteiger partial charge in [-0.15, -0.1) is 11.3 Å². The lowest BCUT2D eigenvalue weighted by Crippen LogP contribution is -2.65. The van der Waals surface area contributed by atoms with E-state index < -0.39 is 5.54 Å². The summed E-state index contributed by atoms with van der Waals surface area (Å²) in [7, 11) is 0. The molecule has 1 atom stereocenters. The molecule has 2 aromatic heterocycles. The second kappa shape index (κ2) is 8.45. The molecule has 0 spiro atoms. The van der Waals surface area contributed by atoms with Gasteiger partial charge in [-0.1, -0.05) is 37.5 Å². The Hall–Kier alpha value is -2.93. The lowest BCUT2D eigenvalue weighted by molar-refractivity contribution is -0.127. The number of carbonyl (C=O) groups excluding carboxylic acids is 2. The quantitative estimate of drug-likeness (QED) is 0.587. The largest absolute Gasteiger partial charge is 0.351 e. The standard InChI is InChI=1S/C26H30N4O2S/c1-17-9-7-12-21(18(17)2)30-24(31)22-15-20(23-13-8-14-33-23)28-29(22)16-26(30,3)25(32)27-19-10-5-4-6-11-19/h7-9,12-15,19H,4-6,10-11,16H2,1-3H3,(H,27,32). The summed E-state index contributed by atoms with van der Waals surface area (Å²) in [4.78, 5) is 30.5. The van der Waals surface area contributed by atoms with Crippen LogP contribution in [0.3, 0.4) is 0 Å². The summed E-state index contributed by atoms with van der Waals surface area (Å²) in [6.07, 6.45) is 5.48. The van der Waals surface area contributed by atoms with E-state index >= 15 is 0 Å². The van der Waals surface area contributed by atoms with E-state index in [0.29, 0.717) is 12.2 Å². The van der Waals surface area contributed by atoms with Crippen molar-refractivity contribution in [1.29, 1.82) is 0 Å². The van der Waals surface area contributed by atoms with E-state index in [1.165, 1.54) is 6.42 Å². The van der Waals surface area contributed by atoms with Gasteiger partial charge in [-0.3, -0.25) is 19.2 Å². The van der Waals surface area contributed by atoms with Crippen molar-refractivity contribution in [3.8, 4) is 10.6 Å². The second-order valence-electron chi connectivity index (χ2n) is 9.49. The van der Waals surface area contributed by atoms with Crippen LogP contribution in [-0.2, 0) is 11.3 Å². The number of hydrogen-bond acceptors (Lipinski definition) is 4. The molecule has 5 rings (SSSR count). The molecule has 1 aromatic carbocycles. The number of fused-ring (bicyclic) bond motifs is 1. The predicted octanol–water partition coefficient (Wildman–Crippen LogP) is 5.10. The zero-order valence-electron chi connectivity index (χ0n) is 19.4.